The van der Waals surface area contributed by atoms with Gasteiger partial charge in [0.1, 0.15) is 12.4 Å². The van der Waals surface area contributed by atoms with Crippen molar-refractivity contribution in [3.8, 4) is 5.75 Å². The van der Waals surface area contributed by atoms with Crippen molar-refractivity contribution in [1.82, 2.24) is 0 Å². The van der Waals surface area contributed by atoms with E-state index in [1.807, 2.05) is 0 Å². The van der Waals surface area contributed by atoms with E-state index < -0.39 is 4.92 Å². The van der Waals surface area contributed by atoms with Crippen molar-refractivity contribution < 1.29 is 14.8 Å². The van der Waals surface area contributed by atoms with Crippen LogP contribution in [0.5, 0.6) is 5.75 Å². The molecule has 0 aromatic heterocycles. The van der Waals surface area contributed by atoms with Crippen LogP contribution < -0.4 is 4.74 Å². The summed E-state index contributed by atoms with van der Waals surface area (Å²) in [6.07, 6.45) is 0. The fourth-order valence-corrected chi connectivity index (χ4v) is 3.22. The number of non-ortho nitro benzene ring substituents is 1. The van der Waals surface area contributed by atoms with Crippen LogP contribution in [0, 0.1) is 10.1 Å². The third-order valence-electron chi connectivity index (χ3n) is 2.77. The molecule has 0 amide bonds. The average Bonchev–Trinajstić information content (AvgIpc) is 2.46. The molecule has 0 unspecified atom stereocenters. The van der Waals surface area contributed by atoms with Crippen molar-refractivity contribution in [2.24, 2.45) is 0 Å². The number of hydrogen-bond acceptors (Lipinski definition) is 4. The Morgan fingerprint density at radius 1 is 1.10 bits per heavy atom. The first-order valence-corrected chi connectivity index (χ1v) is 7.54. The third-order valence-corrected chi connectivity index (χ3v) is 3.95. The second-order valence-electron chi connectivity index (χ2n) is 4.26. The van der Waals surface area contributed by atoms with Gasteiger partial charge < -0.3 is 9.84 Å². The number of aliphatic hydroxyl groups excluding tert-OH is 1. The summed E-state index contributed by atoms with van der Waals surface area (Å²) in [5.74, 6) is 0.616. The molecule has 0 aliphatic heterocycles. The molecule has 5 nitrogen and oxygen atoms in total. The molecule has 0 aliphatic carbocycles. The number of halogens is 2. The van der Waals surface area contributed by atoms with Gasteiger partial charge in [-0.05, 0) is 67.3 Å². The van der Waals surface area contributed by atoms with Gasteiger partial charge in [-0.3, -0.25) is 10.1 Å². The zero-order valence-corrected chi connectivity index (χ0v) is 13.9. The average molecular weight is 417 g/mol. The molecule has 2 aromatic carbocycles. The van der Waals surface area contributed by atoms with Gasteiger partial charge in [0.15, 0.2) is 0 Å². The molecule has 0 atom stereocenters. The minimum Gasteiger partial charge on any atom is -0.487 e. The van der Waals surface area contributed by atoms with Crippen LogP contribution in [-0.4, -0.2) is 10.0 Å². The zero-order valence-electron chi connectivity index (χ0n) is 10.8. The van der Waals surface area contributed by atoms with E-state index in [0.29, 0.717) is 5.75 Å². The molecule has 0 bridgehead atoms. The van der Waals surface area contributed by atoms with Crippen LogP contribution in [0.4, 0.5) is 5.69 Å². The number of nitro benzene ring substituents is 1. The molecule has 0 spiro atoms. The molecule has 0 saturated carbocycles. The highest BCUT2D eigenvalue weighted by molar-refractivity contribution is 9.11. The number of nitro groups is 1. The molecular weight excluding hydrogens is 406 g/mol. The van der Waals surface area contributed by atoms with Crippen molar-refractivity contribution in [1.29, 1.82) is 0 Å². The fourth-order valence-electron chi connectivity index (χ4n) is 1.71. The largest absolute Gasteiger partial charge is 0.487 e. The molecule has 2 aromatic rings. The summed E-state index contributed by atoms with van der Waals surface area (Å²) in [4.78, 5) is 10.1. The van der Waals surface area contributed by atoms with Gasteiger partial charge in [0.25, 0.3) is 5.69 Å². The van der Waals surface area contributed by atoms with Crippen LogP contribution in [0.25, 0.3) is 0 Å². The third kappa shape index (κ3) is 4.03. The Bertz CT molecular complexity index is 636. The topological polar surface area (TPSA) is 72.6 Å². The van der Waals surface area contributed by atoms with Crippen LogP contribution in [0.1, 0.15) is 11.1 Å². The number of hydrogen-bond donors (Lipinski definition) is 1. The number of nitrogens with zero attached hydrogens (tertiary/aromatic N) is 1. The maximum Gasteiger partial charge on any atom is 0.269 e. The Morgan fingerprint density at radius 3 is 2.14 bits per heavy atom. The Morgan fingerprint density at radius 2 is 1.67 bits per heavy atom. The van der Waals surface area contributed by atoms with Gasteiger partial charge in [0.2, 0.25) is 0 Å². The first kappa shape index (κ1) is 15.9. The summed E-state index contributed by atoms with van der Waals surface area (Å²) < 4.78 is 7.16. The minimum atomic E-state index is -0.439. The zero-order chi connectivity index (χ0) is 15.4. The second kappa shape index (κ2) is 7.02. The van der Waals surface area contributed by atoms with E-state index in [-0.39, 0.29) is 18.9 Å². The van der Waals surface area contributed by atoms with Crippen molar-refractivity contribution >= 4 is 37.5 Å². The number of aliphatic hydroxyl groups is 1. The molecule has 0 saturated heterocycles. The van der Waals surface area contributed by atoms with Crippen molar-refractivity contribution in [2.75, 3.05) is 0 Å². The van der Waals surface area contributed by atoms with Crippen molar-refractivity contribution in [3.63, 3.8) is 0 Å². The van der Waals surface area contributed by atoms with E-state index in [0.717, 1.165) is 20.1 Å². The normalized spacial score (nSPS) is 10.4. The number of benzene rings is 2. The van der Waals surface area contributed by atoms with Crippen molar-refractivity contribution in [3.05, 3.63) is 66.6 Å². The molecule has 1 N–H and O–H groups in total. The number of rotatable bonds is 5. The quantitative estimate of drug-likeness (QED) is 0.585. The monoisotopic (exact) mass is 415 g/mol. The van der Waals surface area contributed by atoms with Gasteiger partial charge in [0.05, 0.1) is 20.5 Å². The fraction of sp³-hybridized carbons (Fsp3) is 0.143. The summed E-state index contributed by atoms with van der Waals surface area (Å²) in [5, 5.41) is 19.7. The summed E-state index contributed by atoms with van der Waals surface area (Å²) >= 11 is 6.78. The Balaban J connectivity index is 2.11. The summed E-state index contributed by atoms with van der Waals surface area (Å²) in [5.41, 5.74) is 1.63. The Hall–Kier alpha value is -1.44. The maximum atomic E-state index is 10.6. The van der Waals surface area contributed by atoms with E-state index >= 15 is 0 Å². The summed E-state index contributed by atoms with van der Waals surface area (Å²) in [6, 6.07) is 9.74. The van der Waals surface area contributed by atoms with Crippen LogP contribution >= 0.6 is 31.9 Å². The smallest absolute Gasteiger partial charge is 0.269 e. The van der Waals surface area contributed by atoms with Crippen LogP contribution in [-0.2, 0) is 13.2 Å². The standard InChI is InChI=1S/C14H11Br2NO4/c15-12-5-10(7-18)6-13(16)14(12)21-8-9-1-3-11(4-2-9)17(19)20/h1-6,18H,7-8H2. The van der Waals surface area contributed by atoms with Crippen LogP contribution in [0.2, 0.25) is 0 Å². The molecule has 0 radical (unpaired) electrons. The highest BCUT2D eigenvalue weighted by atomic mass is 79.9. The predicted molar refractivity (Wildman–Crippen MR) is 85.2 cm³/mol. The SMILES string of the molecule is O=[N+]([O-])c1ccc(COc2c(Br)cc(CO)cc2Br)cc1. The van der Waals surface area contributed by atoms with Crippen LogP contribution in [0.3, 0.4) is 0 Å². The van der Waals surface area contributed by atoms with E-state index in [2.05, 4.69) is 31.9 Å². The highest BCUT2D eigenvalue weighted by Crippen LogP contribution is 2.35. The Kier molecular flexibility index (Phi) is 5.33. The molecular formula is C14H11Br2NO4. The van der Waals surface area contributed by atoms with E-state index in [9.17, 15) is 10.1 Å². The van der Waals surface area contributed by atoms with Gasteiger partial charge in [-0.25, -0.2) is 0 Å². The maximum absolute atomic E-state index is 10.6. The van der Waals surface area contributed by atoms with E-state index in [4.69, 9.17) is 9.84 Å². The first-order chi connectivity index (χ1) is 10.0. The van der Waals surface area contributed by atoms with E-state index in [1.165, 1.54) is 12.1 Å². The number of ether oxygens (including phenoxy) is 1. The predicted octanol–water partition coefficient (Wildman–Crippen LogP) is 4.19. The van der Waals surface area contributed by atoms with Crippen molar-refractivity contribution in [2.45, 2.75) is 13.2 Å². The molecule has 0 fully saturated rings. The minimum absolute atomic E-state index is 0.0495. The molecule has 110 valence electrons. The lowest BCUT2D eigenvalue weighted by Gasteiger charge is -2.11. The lowest BCUT2D eigenvalue weighted by molar-refractivity contribution is -0.384. The van der Waals surface area contributed by atoms with Gasteiger partial charge in [0, 0.05) is 12.1 Å². The first-order valence-electron chi connectivity index (χ1n) is 5.96. The molecule has 7 heteroatoms. The van der Waals surface area contributed by atoms with Crippen LogP contribution in [0.15, 0.2) is 45.3 Å². The van der Waals surface area contributed by atoms with Gasteiger partial charge >= 0.3 is 0 Å². The molecule has 0 heterocycles. The molecule has 0 aliphatic rings. The molecule has 21 heavy (non-hydrogen) atoms. The lowest BCUT2D eigenvalue weighted by Crippen LogP contribution is -1.98. The summed E-state index contributed by atoms with van der Waals surface area (Å²) in [6.45, 7) is 0.230. The second-order valence-corrected chi connectivity index (χ2v) is 5.97. The molecule has 2 rings (SSSR count). The highest BCUT2D eigenvalue weighted by Gasteiger charge is 2.10. The van der Waals surface area contributed by atoms with Gasteiger partial charge in [-0.1, -0.05) is 0 Å². The lowest BCUT2D eigenvalue weighted by atomic mass is 10.2. The van der Waals surface area contributed by atoms with E-state index in [1.54, 1.807) is 24.3 Å². The van der Waals surface area contributed by atoms with Gasteiger partial charge in [-0.2, -0.15) is 0 Å². The van der Waals surface area contributed by atoms with Gasteiger partial charge in [-0.15, -0.1) is 0 Å². The summed E-state index contributed by atoms with van der Waals surface area (Å²) in [7, 11) is 0. The Labute approximate surface area is 138 Å².